The minimum absolute atomic E-state index is 0.00438. The van der Waals surface area contributed by atoms with E-state index < -0.39 is 5.97 Å². The quantitative estimate of drug-likeness (QED) is 0.255. The van der Waals surface area contributed by atoms with Crippen LogP contribution in [0.15, 0.2) is 5.16 Å². The maximum atomic E-state index is 10.9. The second-order valence-electron chi connectivity index (χ2n) is 2.45. The van der Waals surface area contributed by atoms with Gasteiger partial charge in [-0.15, -0.1) is 6.42 Å². The summed E-state index contributed by atoms with van der Waals surface area (Å²) in [5, 5.41) is 3.57. The molecule has 0 N–H and O–H groups in total. The average Bonchev–Trinajstić information content (AvgIpc) is 2.35. The van der Waals surface area contributed by atoms with Crippen molar-refractivity contribution in [2.75, 3.05) is 13.2 Å². The van der Waals surface area contributed by atoms with Gasteiger partial charge in [0, 0.05) is 5.92 Å². The zero-order chi connectivity index (χ0) is 8.97. The Morgan fingerprint density at radius 2 is 2.67 bits per heavy atom. The molecule has 1 saturated heterocycles. The summed E-state index contributed by atoms with van der Waals surface area (Å²) in [7, 11) is 0. The van der Waals surface area contributed by atoms with E-state index in [-0.39, 0.29) is 12.5 Å². The highest BCUT2D eigenvalue weighted by Crippen LogP contribution is 2.10. The van der Waals surface area contributed by atoms with Gasteiger partial charge in [0.15, 0.2) is 12.3 Å². The highest BCUT2D eigenvalue weighted by molar-refractivity contribution is 6.38. The number of esters is 1. The van der Waals surface area contributed by atoms with E-state index in [9.17, 15) is 4.79 Å². The largest absolute Gasteiger partial charge is 0.460 e. The van der Waals surface area contributed by atoms with Crippen molar-refractivity contribution >= 4 is 11.7 Å². The third-order valence-electron chi connectivity index (χ3n) is 1.45. The molecule has 1 aliphatic rings. The zero-order valence-electron chi connectivity index (χ0n) is 6.74. The van der Waals surface area contributed by atoms with Crippen LogP contribution in [0.25, 0.3) is 0 Å². The van der Waals surface area contributed by atoms with Crippen LogP contribution in [-0.2, 0) is 14.4 Å². The van der Waals surface area contributed by atoms with Crippen molar-refractivity contribution in [3.8, 4) is 12.3 Å². The standard InChI is InChI=1S/C8H9NO3/c1-3-4-12-9-7-6(2)5-11-8(7)10/h1,6H,4-5H2,2H3/b9-7-. The first-order valence-corrected chi connectivity index (χ1v) is 3.56. The number of carbonyl (C=O) groups is 1. The summed E-state index contributed by atoms with van der Waals surface area (Å²) in [5.41, 5.74) is 0.310. The van der Waals surface area contributed by atoms with Gasteiger partial charge in [0.1, 0.15) is 6.61 Å². The molecule has 0 aromatic carbocycles. The van der Waals surface area contributed by atoms with E-state index in [0.29, 0.717) is 12.3 Å². The summed E-state index contributed by atoms with van der Waals surface area (Å²) in [4.78, 5) is 15.6. The van der Waals surface area contributed by atoms with Gasteiger partial charge in [0.2, 0.25) is 0 Å². The molecule has 12 heavy (non-hydrogen) atoms. The summed E-state index contributed by atoms with van der Waals surface area (Å²) < 4.78 is 4.71. The number of oxime groups is 1. The van der Waals surface area contributed by atoms with Crippen molar-refractivity contribution in [2.24, 2.45) is 11.1 Å². The molecule has 1 aliphatic heterocycles. The summed E-state index contributed by atoms with van der Waals surface area (Å²) in [6.07, 6.45) is 4.92. The molecule has 1 fully saturated rings. The van der Waals surface area contributed by atoms with Crippen molar-refractivity contribution in [1.29, 1.82) is 0 Å². The fourth-order valence-electron chi connectivity index (χ4n) is 0.821. The molecule has 4 heteroatoms. The Morgan fingerprint density at radius 1 is 1.92 bits per heavy atom. The Labute approximate surface area is 70.5 Å². The van der Waals surface area contributed by atoms with Gasteiger partial charge in [-0.1, -0.05) is 18.0 Å². The second kappa shape index (κ2) is 3.77. The fraction of sp³-hybridized carbons (Fsp3) is 0.500. The minimum Gasteiger partial charge on any atom is -0.460 e. The third-order valence-corrected chi connectivity index (χ3v) is 1.45. The molecule has 0 amide bonds. The van der Waals surface area contributed by atoms with E-state index in [0.717, 1.165) is 0 Å². The Hall–Kier alpha value is -1.50. The monoisotopic (exact) mass is 167 g/mol. The lowest BCUT2D eigenvalue weighted by Gasteiger charge is -1.96. The van der Waals surface area contributed by atoms with Crippen molar-refractivity contribution < 1.29 is 14.4 Å². The lowest BCUT2D eigenvalue weighted by Crippen LogP contribution is -2.13. The van der Waals surface area contributed by atoms with E-state index in [4.69, 9.17) is 11.2 Å². The molecule has 0 saturated carbocycles. The summed E-state index contributed by atoms with van der Waals surface area (Å²) in [6.45, 7) is 2.28. The first-order valence-electron chi connectivity index (χ1n) is 3.56. The Morgan fingerprint density at radius 3 is 3.17 bits per heavy atom. The molecule has 0 aromatic rings. The number of nitrogens with zero attached hydrogens (tertiary/aromatic N) is 1. The SMILES string of the molecule is C#CCO/N=C1\C(=O)OCC1C. The highest BCUT2D eigenvalue weighted by Gasteiger charge is 2.29. The van der Waals surface area contributed by atoms with Crippen LogP contribution in [0.4, 0.5) is 0 Å². The molecular weight excluding hydrogens is 158 g/mol. The zero-order valence-corrected chi connectivity index (χ0v) is 6.74. The number of cyclic esters (lactones) is 1. The molecular formula is C8H9NO3. The first kappa shape index (κ1) is 8.60. The molecule has 0 spiro atoms. The van der Waals surface area contributed by atoms with Gasteiger partial charge in [0.05, 0.1) is 0 Å². The van der Waals surface area contributed by atoms with Crippen molar-refractivity contribution in [2.45, 2.75) is 6.92 Å². The maximum absolute atomic E-state index is 10.9. The van der Waals surface area contributed by atoms with Gasteiger partial charge in [0.25, 0.3) is 0 Å². The predicted octanol–water partition coefficient (Wildman–Crippen LogP) is 0.185. The molecule has 1 atom stereocenters. The summed E-state index contributed by atoms with van der Waals surface area (Å²) >= 11 is 0. The maximum Gasteiger partial charge on any atom is 0.356 e. The Balaban J connectivity index is 2.54. The Bertz CT molecular complexity index is 252. The molecule has 0 aliphatic carbocycles. The number of hydrogen-bond acceptors (Lipinski definition) is 4. The molecule has 0 aromatic heterocycles. The van der Waals surface area contributed by atoms with Gasteiger partial charge >= 0.3 is 5.97 Å². The predicted molar refractivity (Wildman–Crippen MR) is 42.3 cm³/mol. The van der Waals surface area contributed by atoms with Crippen LogP contribution in [0.2, 0.25) is 0 Å². The molecule has 1 heterocycles. The summed E-state index contributed by atoms with van der Waals surface area (Å²) in [5.74, 6) is 1.82. The molecule has 1 rings (SSSR count). The summed E-state index contributed by atoms with van der Waals surface area (Å²) in [6, 6.07) is 0. The topological polar surface area (TPSA) is 47.9 Å². The van der Waals surface area contributed by atoms with E-state index in [1.54, 1.807) is 0 Å². The molecule has 0 bridgehead atoms. The van der Waals surface area contributed by atoms with Crippen LogP contribution in [-0.4, -0.2) is 24.9 Å². The van der Waals surface area contributed by atoms with Crippen molar-refractivity contribution in [3.05, 3.63) is 0 Å². The van der Waals surface area contributed by atoms with E-state index in [1.165, 1.54) is 0 Å². The van der Waals surface area contributed by atoms with Crippen LogP contribution >= 0.6 is 0 Å². The van der Waals surface area contributed by atoms with Crippen LogP contribution < -0.4 is 0 Å². The van der Waals surface area contributed by atoms with Gasteiger partial charge in [-0.05, 0) is 0 Å². The average molecular weight is 167 g/mol. The number of rotatable bonds is 2. The molecule has 4 nitrogen and oxygen atoms in total. The number of ether oxygens (including phenoxy) is 1. The van der Waals surface area contributed by atoms with Gasteiger partial charge in [-0.3, -0.25) is 0 Å². The highest BCUT2D eigenvalue weighted by atomic mass is 16.6. The number of hydrogen-bond donors (Lipinski definition) is 0. The van der Waals surface area contributed by atoms with Crippen LogP contribution in [0.5, 0.6) is 0 Å². The Kier molecular flexibility index (Phi) is 2.70. The van der Waals surface area contributed by atoms with Gasteiger partial charge in [-0.25, -0.2) is 4.79 Å². The number of carbonyl (C=O) groups excluding carboxylic acids is 1. The second-order valence-corrected chi connectivity index (χ2v) is 2.45. The normalized spacial score (nSPS) is 25.2. The van der Waals surface area contributed by atoms with Crippen molar-refractivity contribution in [3.63, 3.8) is 0 Å². The van der Waals surface area contributed by atoms with E-state index in [1.807, 2.05) is 6.92 Å². The van der Waals surface area contributed by atoms with E-state index in [2.05, 4.69) is 15.9 Å². The van der Waals surface area contributed by atoms with Crippen molar-refractivity contribution in [1.82, 2.24) is 0 Å². The van der Waals surface area contributed by atoms with Crippen LogP contribution in [0, 0.1) is 18.3 Å². The van der Waals surface area contributed by atoms with Gasteiger partial charge < -0.3 is 9.57 Å². The van der Waals surface area contributed by atoms with Crippen LogP contribution in [0.3, 0.4) is 0 Å². The first-order chi connectivity index (χ1) is 5.75. The van der Waals surface area contributed by atoms with Crippen LogP contribution in [0.1, 0.15) is 6.92 Å². The lowest BCUT2D eigenvalue weighted by atomic mass is 10.1. The minimum atomic E-state index is -0.417. The third kappa shape index (κ3) is 1.76. The van der Waals surface area contributed by atoms with E-state index >= 15 is 0 Å². The molecule has 64 valence electrons. The molecule has 1 unspecified atom stereocenters. The molecule has 0 radical (unpaired) electrons. The fourth-order valence-corrected chi connectivity index (χ4v) is 0.821. The lowest BCUT2D eigenvalue weighted by molar-refractivity contribution is -0.133. The smallest absolute Gasteiger partial charge is 0.356 e. The van der Waals surface area contributed by atoms with Gasteiger partial charge in [-0.2, -0.15) is 0 Å². The number of terminal acetylenes is 1.